The summed E-state index contributed by atoms with van der Waals surface area (Å²) in [6.45, 7) is 7.95. The third-order valence-corrected chi connectivity index (χ3v) is 5.60. The fourth-order valence-corrected chi connectivity index (χ4v) is 4.24. The number of anilines is 2. The molecule has 2 heteroatoms. The van der Waals surface area contributed by atoms with Crippen molar-refractivity contribution in [1.82, 2.24) is 0 Å². The quantitative estimate of drug-likeness (QED) is 0.630. The van der Waals surface area contributed by atoms with Gasteiger partial charge in [-0.1, -0.05) is 68.4 Å². The summed E-state index contributed by atoms with van der Waals surface area (Å²) in [5, 5.41) is 6.08. The summed E-state index contributed by atoms with van der Waals surface area (Å²) in [6, 6.07) is 23.9. The molecule has 0 aromatic heterocycles. The summed E-state index contributed by atoms with van der Waals surface area (Å²) in [6.07, 6.45) is 4.41. The topological polar surface area (TPSA) is 15.3 Å². The maximum atomic E-state index is 3.41. The molecule has 1 heterocycles. The molecule has 1 atom stereocenters. The lowest BCUT2D eigenvalue weighted by atomic mass is 9.80. The van der Waals surface area contributed by atoms with E-state index >= 15 is 0 Å². The normalized spacial score (nSPS) is 18.4. The Kier molecular flexibility index (Phi) is 4.20. The second-order valence-corrected chi connectivity index (χ2v) is 7.50. The maximum Gasteiger partial charge on any atom is 0.0582 e. The van der Waals surface area contributed by atoms with E-state index in [-0.39, 0.29) is 5.41 Å². The van der Waals surface area contributed by atoms with E-state index < -0.39 is 0 Å². The first-order valence-corrected chi connectivity index (χ1v) is 9.40. The van der Waals surface area contributed by atoms with Gasteiger partial charge in [0.05, 0.1) is 6.04 Å². The van der Waals surface area contributed by atoms with Gasteiger partial charge in [0.1, 0.15) is 0 Å². The summed E-state index contributed by atoms with van der Waals surface area (Å²) in [5.41, 5.74) is 4.01. The Morgan fingerprint density at radius 2 is 1.69 bits per heavy atom. The molecule has 0 amide bonds. The van der Waals surface area contributed by atoms with Crippen LogP contribution in [0.2, 0.25) is 0 Å². The van der Waals surface area contributed by atoms with Crippen LogP contribution in [-0.2, 0) is 5.41 Å². The Morgan fingerprint density at radius 3 is 2.46 bits per heavy atom. The zero-order valence-electron chi connectivity index (χ0n) is 15.7. The molecule has 4 rings (SSSR count). The minimum absolute atomic E-state index is 0.0598. The third-order valence-electron chi connectivity index (χ3n) is 5.60. The molecule has 0 saturated carbocycles. The van der Waals surface area contributed by atoms with Crippen LogP contribution in [0, 0.1) is 0 Å². The van der Waals surface area contributed by atoms with Crippen LogP contribution in [-0.4, -0.2) is 12.6 Å². The fraction of sp³-hybridized carbons (Fsp3) is 0.250. The van der Waals surface area contributed by atoms with Crippen LogP contribution in [0.4, 0.5) is 11.4 Å². The van der Waals surface area contributed by atoms with Gasteiger partial charge in [-0.25, -0.2) is 0 Å². The van der Waals surface area contributed by atoms with E-state index in [0.717, 1.165) is 12.2 Å². The number of para-hydroxylation sites is 1. The average Bonchev–Trinajstić information content (AvgIpc) is 2.89. The summed E-state index contributed by atoms with van der Waals surface area (Å²) in [7, 11) is 0. The first kappa shape index (κ1) is 16.7. The van der Waals surface area contributed by atoms with Gasteiger partial charge in [0, 0.05) is 28.7 Å². The molecule has 0 fully saturated rings. The molecule has 3 aromatic carbocycles. The number of nitrogens with one attached hydrogen (secondary N) is 1. The number of hydrogen-bond acceptors (Lipinski definition) is 2. The summed E-state index contributed by atoms with van der Waals surface area (Å²) in [5.74, 6) is 0. The zero-order valence-corrected chi connectivity index (χ0v) is 15.7. The highest BCUT2D eigenvalue weighted by Gasteiger charge is 2.43. The number of fused-ring (bicyclic) bond motifs is 3. The lowest BCUT2D eigenvalue weighted by Crippen LogP contribution is -2.40. The second-order valence-electron chi connectivity index (χ2n) is 7.50. The van der Waals surface area contributed by atoms with E-state index in [0.29, 0.717) is 6.04 Å². The molecule has 1 N–H and O–H groups in total. The highest BCUT2D eigenvalue weighted by molar-refractivity contribution is 5.98. The highest BCUT2D eigenvalue weighted by Crippen LogP contribution is 2.48. The Labute approximate surface area is 156 Å². The summed E-state index contributed by atoms with van der Waals surface area (Å²) >= 11 is 0. The fourth-order valence-electron chi connectivity index (χ4n) is 4.24. The van der Waals surface area contributed by atoms with Crippen molar-refractivity contribution in [3.8, 4) is 0 Å². The van der Waals surface area contributed by atoms with Gasteiger partial charge < -0.3 is 10.2 Å². The average molecular weight is 342 g/mol. The lowest BCUT2D eigenvalue weighted by molar-refractivity contribution is 0.478. The molecular weight excluding hydrogens is 316 g/mol. The highest BCUT2D eigenvalue weighted by atomic mass is 15.2. The molecule has 1 aliphatic rings. The second kappa shape index (κ2) is 6.53. The molecular formula is C24H26N2. The summed E-state index contributed by atoms with van der Waals surface area (Å²) < 4.78 is 0. The van der Waals surface area contributed by atoms with Crippen molar-refractivity contribution in [3.05, 3.63) is 84.6 Å². The van der Waals surface area contributed by atoms with E-state index in [4.69, 9.17) is 0 Å². The molecule has 1 aliphatic heterocycles. The van der Waals surface area contributed by atoms with Gasteiger partial charge in [0.25, 0.3) is 0 Å². The standard InChI is InChI=1S/C24H26N2/c1-4-26-22(16-17-25-19-11-6-5-7-12-19)24(2,3)21-15-14-18-10-8-9-13-20(18)23(21)26/h5-17,22,25H,4H2,1-3H3/b17-16+. The van der Waals surface area contributed by atoms with Crippen molar-refractivity contribution in [2.45, 2.75) is 32.2 Å². The largest absolute Gasteiger partial charge is 0.364 e. The van der Waals surface area contributed by atoms with Gasteiger partial charge in [-0.15, -0.1) is 0 Å². The molecule has 0 aliphatic carbocycles. The first-order valence-electron chi connectivity index (χ1n) is 9.40. The van der Waals surface area contributed by atoms with E-state index in [2.05, 4.69) is 104 Å². The van der Waals surface area contributed by atoms with Crippen LogP contribution in [0.3, 0.4) is 0 Å². The van der Waals surface area contributed by atoms with Gasteiger partial charge in [-0.2, -0.15) is 0 Å². The van der Waals surface area contributed by atoms with Crippen molar-refractivity contribution in [3.63, 3.8) is 0 Å². The molecule has 3 aromatic rings. The van der Waals surface area contributed by atoms with Gasteiger partial charge in [-0.3, -0.25) is 0 Å². The third kappa shape index (κ3) is 2.66. The molecule has 0 radical (unpaired) electrons. The number of likely N-dealkylation sites (N-methyl/N-ethyl adjacent to an activating group) is 1. The molecule has 0 bridgehead atoms. The number of nitrogens with zero attached hydrogens (tertiary/aromatic N) is 1. The van der Waals surface area contributed by atoms with Crippen molar-refractivity contribution in [1.29, 1.82) is 0 Å². The number of hydrogen-bond donors (Lipinski definition) is 1. The summed E-state index contributed by atoms with van der Waals surface area (Å²) in [4.78, 5) is 2.54. The van der Waals surface area contributed by atoms with E-state index in [1.165, 1.54) is 22.0 Å². The number of benzene rings is 3. The smallest absolute Gasteiger partial charge is 0.0582 e. The lowest BCUT2D eigenvalue weighted by Gasteiger charge is -2.31. The van der Waals surface area contributed by atoms with Crippen molar-refractivity contribution >= 4 is 22.1 Å². The molecule has 132 valence electrons. The van der Waals surface area contributed by atoms with E-state index in [9.17, 15) is 0 Å². The van der Waals surface area contributed by atoms with Crippen LogP contribution >= 0.6 is 0 Å². The molecule has 26 heavy (non-hydrogen) atoms. The SMILES string of the molecule is CCN1c2c(ccc3ccccc23)C(C)(C)C1/C=C/Nc1ccccc1. The van der Waals surface area contributed by atoms with Crippen molar-refractivity contribution in [2.75, 3.05) is 16.8 Å². The van der Waals surface area contributed by atoms with Gasteiger partial charge >= 0.3 is 0 Å². The minimum Gasteiger partial charge on any atom is -0.364 e. The molecule has 0 spiro atoms. The maximum absolute atomic E-state index is 3.41. The Hall–Kier alpha value is -2.74. The van der Waals surface area contributed by atoms with Gasteiger partial charge in [-0.05, 0) is 42.3 Å². The Balaban J connectivity index is 1.72. The van der Waals surface area contributed by atoms with E-state index in [1.54, 1.807) is 0 Å². The van der Waals surface area contributed by atoms with Gasteiger partial charge in [0.15, 0.2) is 0 Å². The minimum atomic E-state index is 0.0598. The van der Waals surface area contributed by atoms with Crippen LogP contribution in [0.15, 0.2) is 79.0 Å². The zero-order chi connectivity index (χ0) is 18.1. The van der Waals surface area contributed by atoms with Crippen LogP contribution in [0.1, 0.15) is 26.3 Å². The Morgan fingerprint density at radius 1 is 0.962 bits per heavy atom. The first-order chi connectivity index (χ1) is 12.6. The predicted octanol–water partition coefficient (Wildman–Crippen LogP) is 5.95. The van der Waals surface area contributed by atoms with Crippen LogP contribution < -0.4 is 10.2 Å². The van der Waals surface area contributed by atoms with Gasteiger partial charge in [0.2, 0.25) is 0 Å². The van der Waals surface area contributed by atoms with Crippen LogP contribution in [0.25, 0.3) is 10.8 Å². The predicted molar refractivity (Wildman–Crippen MR) is 113 cm³/mol. The molecule has 2 nitrogen and oxygen atoms in total. The number of rotatable bonds is 4. The van der Waals surface area contributed by atoms with E-state index in [1.807, 2.05) is 6.07 Å². The molecule has 1 unspecified atom stereocenters. The molecule has 0 saturated heterocycles. The Bertz CT molecular complexity index is 941. The monoisotopic (exact) mass is 342 g/mol. The van der Waals surface area contributed by atoms with Crippen LogP contribution in [0.5, 0.6) is 0 Å². The van der Waals surface area contributed by atoms with Crippen molar-refractivity contribution < 1.29 is 0 Å². The van der Waals surface area contributed by atoms with Crippen molar-refractivity contribution in [2.24, 2.45) is 0 Å².